The summed E-state index contributed by atoms with van der Waals surface area (Å²) in [6.07, 6.45) is 5.54. The van der Waals surface area contributed by atoms with Crippen molar-refractivity contribution >= 4 is 17.6 Å². The molecule has 0 aromatic carbocycles. The fraction of sp³-hybridized carbons (Fsp3) is 0.842. The van der Waals surface area contributed by atoms with Crippen molar-refractivity contribution in [3.8, 4) is 0 Å². The van der Waals surface area contributed by atoms with Crippen molar-refractivity contribution in [3.63, 3.8) is 0 Å². The first-order valence-electron chi connectivity index (χ1n) is 9.77. The van der Waals surface area contributed by atoms with E-state index in [2.05, 4.69) is 17.2 Å². The van der Waals surface area contributed by atoms with Gasteiger partial charge < -0.3 is 10.4 Å². The Morgan fingerprint density at radius 1 is 1.28 bits per heavy atom. The second kappa shape index (κ2) is 9.32. The highest BCUT2D eigenvalue weighted by Crippen LogP contribution is 2.30. The van der Waals surface area contributed by atoms with Crippen LogP contribution in [-0.2, 0) is 9.59 Å². The Bertz CT molecular complexity index is 498. The standard InChI is InChI=1S/C17H29N3O3.C2H6/c1-4-6-9-13-19-16(3,15(22)20(13)5-2)12-18-14(21)17(23)10-7-8-11-17;1-2/h23H,4-12H2,1-3H3,(H,18,21);1-2H3. The molecule has 0 radical (unpaired) electrons. The maximum Gasteiger partial charge on any atom is 0.257 e. The Kier molecular flexibility index (Phi) is 8.06. The summed E-state index contributed by atoms with van der Waals surface area (Å²) in [6, 6.07) is 0. The summed E-state index contributed by atoms with van der Waals surface area (Å²) in [4.78, 5) is 31.2. The van der Waals surface area contributed by atoms with E-state index >= 15 is 0 Å². The molecule has 0 bridgehead atoms. The first-order valence-corrected chi connectivity index (χ1v) is 9.77. The van der Waals surface area contributed by atoms with E-state index < -0.39 is 11.1 Å². The number of unbranched alkanes of at least 4 members (excludes halogenated alkanes) is 1. The van der Waals surface area contributed by atoms with E-state index in [0.717, 1.165) is 37.9 Å². The van der Waals surface area contributed by atoms with Crippen LogP contribution in [0.3, 0.4) is 0 Å². The lowest BCUT2D eigenvalue weighted by Gasteiger charge is -2.25. The van der Waals surface area contributed by atoms with E-state index in [1.807, 2.05) is 20.8 Å². The molecule has 2 rings (SSSR count). The molecule has 1 aliphatic heterocycles. The van der Waals surface area contributed by atoms with Crippen LogP contribution in [0.2, 0.25) is 0 Å². The normalized spacial score (nSPS) is 24.6. The summed E-state index contributed by atoms with van der Waals surface area (Å²) in [5, 5.41) is 13.1. The molecule has 0 aromatic heterocycles. The number of hydrogen-bond acceptors (Lipinski definition) is 4. The van der Waals surface area contributed by atoms with Crippen molar-refractivity contribution in [3.05, 3.63) is 0 Å². The monoisotopic (exact) mass is 353 g/mol. The highest BCUT2D eigenvalue weighted by Gasteiger charge is 2.45. The number of carbonyl (C=O) groups excluding carboxylic acids is 2. The second-order valence-corrected chi connectivity index (χ2v) is 6.88. The summed E-state index contributed by atoms with van der Waals surface area (Å²) in [5.74, 6) is 0.379. The molecule has 25 heavy (non-hydrogen) atoms. The van der Waals surface area contributed by atoms with Gasteiger partial charge >= 0.3 is 0 Å². The van der Waals surface area contributed by atoms with Crippen LogP contribution in [0.25, 0.3) is 0 Å². The van der Waals surface area contributed by atoms with Crippen LogP contribution < -0.4 is 5.32 Å². The Morgan fingerprint density at radius 2 is 1.88 bits per heavy atom. The molecule has 2 aliphatic rings. The maximum atomic E-state index is 12.6. The van der Waals surface area contributed by atoms with Crippen LogP contribution in [0.15, 0.2) is 4.99 Å². The lowest BCUT2D eigenvalue weighted by Crippen LogP contribution is -2.52. The summed E-state index contributed by atoms with van der Waals surface area (Å²) in [6.45, 7) is 10.5. The zero-order valence-corrected chi connectivity index (χ0v) is 16.5. The summed E-state index contributed by atoms with van der Waals surface area (Å²) < 4.78 is 0. The number of carbonyl (C=O) groups is 2. The van der Waals surface area contributed by atoms with Gasteiger partial charge in [-0.2, -0.15) is 0 Å². The van der Waals surface area contributed by atoms with E-state index in [9.17, 15) is 14.7 Å². The molecular weight excluding hydrogens is 318 g/mol. The number of nitrogens with zero attached hydrogens (tertiary/aromatic N) is 2. The fourth-order valence-electron chi connectivity index (χ4n) is 3.37. The molecule has 0 saturated heterocycles. The van der Waals surface area contributed by atoms with Crippen molar-refractivity contribution in [1.29, 1.82) is 0 Å². The molecule has 6 heteroatoms. The van der Waals surface area contributed by atoms with E-state index in [4.69, 9.17) is 0 Å². The molecule has 1 heterocycles. The first-order chi connectivity index (χ1) is 11.9. The summed E-state index contributed by atoms with van der Waals surface area (Å²) in [5.41, 5.74) is -2.22. The Hall–Kier alpha value is -1.43. The third-order valence-electron chi connectivity index (χ3n) is 4.91. The Labute approximate surface area is 152 Å². The molecule has 0 spiro atoms. The molecule has 0 aromatic rings. The molecule has 1 atom stereocenters. The molecule has 1 unspecified atom stereocenters. The number of aliphatic hydroxyl groups is 1. The van der Waals surface area contributed by atoms with Gasteiger partial charge in [0.25, 0.3) is 11.8 Å². The molecule has 2 N–H and O–H groups in total. The van der Waals surface area contributed by atoms with Crippen molar-refractivity contribution in [2.45, 2.75) is 90.7 Å². The first kappa shape index (κ1) is 21.6. The highest BCUT2D eigenvalue weighted by atomic mass is 16.3. The Balaban J connectivity index is 0.00000151. The number of amidine groups is 1. The average Bonchev–Trinajstić information content (AvgIpc) is 3.16. The van der Waals surface area contributed by atoms with Gasteiger partial charge in [-0.25, -0.2) is 0 Å². The zero-order chi connectivity index (χ0) is 19.1. The van der Waals surface area contributed by atoms with E-state index in [0.29, 0.717) is 19.4 Å². The highest BCUT2D eigenvalue weighted by molar-refractivity contribution is 6.08. The van der Waals surface area contributed by atoms with Crippen molar-refractivity contribution in [2.75, 3.05) is 13.1 Å². The number of likely N-dealkylation sites (N-methyl/N-ethyl adjacent to an activating group) is 1. The van der Waals surface area contributed by atoms with Gasteiger partial charge in [-0.15, -0.1) is 0 Å². The zero-order valence-electron chi connectivity index (χ0n) is 16.5. The molecule has 1 aliphatic carbocycles. The van der Waals surface area contributed by atoms with Crippen LogP contribution in [0.4, 0.5) is 0 Å². The van der Waals surface area contributed by atoms with Crippen LogP contribution in [0.1, 0.15) is 79.6 Å². The van der Waals surface area contributed by atoms with Gasteiger partial charge in [0.2, 0.25) is 0 Å². The van der Waals surface area contributed by atoms with Crippen LogP contribution in [0, 0.1) is 0 Å². The summed E-state index contributed by atoms with van der Waals surface area (Å²) >= 11 is 0. The van der Waals surface area contributed by atoms with E-state index in [1.165, 1.54) is 0 Å². The number of nitrogens with one attached hydrogen (secondary N) is 1. The number of hydrogen-bond donors (Lipinski definition) is 2. The second-order valence-electron chi connectivity index (χ2n) is 6.88. The minimum absolute atomic E-state index is 0.0650. The van der Waals surface area contributed by atoms with Gasteiger partial charge in [0, 0.05) is 13.0 Å². The molecule has 2 amide bonds. The number of rotatable bonds is 7. The molecular formula is C19H35N3O3. The molecule has 6 nitrogen and oxygen atoms in total. The van der Waals surface area contributed by atoms with Gasteiger partial charge in [0.05, 0.1) is 6.54 Å². The molecule has 1 saturated carbocycles. The van der Waals surface area contributed by atoms with Crippen molar-refractivity contribution < 1.29 is 14.7 Å². The van der Waals surface area contributed by atoms with E-state index in [-0.39, 0.29) is 18.4 Å². The third kappa shape index (κ3) is 4.81. The van der Waals surface area contributed by atoms with Gasteiger partial charge in [-0.3, -0.25) is 19.5 Å². The SMILES string of the molecule is CC.CCCCC1=NC(C)(CNC(=O)C2(O)CCCC2)C(=O)N1CC. The van der Waals surface area contributed by atoms with Crippen LogP contribution >= 0.6 is 0 Å². The lowest BCUT2D eigenvalue weighted by atomic mass is 9.99. The predicted molar refractivity (Wildman–Crippen MR) is 101 cm³/mol. The fourth-order valence-corrected chi connectivity index (χ4v) is 3.37. The van der Waals surface area contributed by atoms with Crippen LogP contribution in [0.5, 0.6) is 0 Å². The lowest BCUT2D eigenvalue weighted by molar-refractivity contribution is -0.139. The maximum absolute atomic E-state index is 12.6. The number of aliphatic imine (C=N–C) groups is 1. The van der Waals surface area contributed by atoms with Crippen LogP contribution in [-0.4, -0.2) is 51.9 Å². The quantitative estimate of drug-likeness (QED) is 0.738. The minimum atomic E-state index is -1.27. The van der Waals surface area contributed by atoms with E-state index in [1.54, 1.807) is 11.8 Å². The molecule has 1 fully saturated rings. The molecule has 144 valence electrons. The average molecular weight is 354 g/mol. The third-order valence-corrected chi connectivity index (χ3v) is 4.91. The van der Waals surface area contributed by atoms with Gasteiger partial charge in [-0.05, 0) is 46.0 Å². The minimum Gasteiger partial charge on any atom is -0.380 e. The largest absolute Gasteiger partial charge is 0.380 e. The Morgan fingerprint density at radius 3 is 2.40 bits per heavy atom. The van der Waals surface area contributed by atoms with Gasteiger partial charge in [-0.1, -0.05) is 27.2 Å². The number of amides is 2. The van der Waals surface area contributed by atoms with Crippen molar-refractivity contribution in [2.24, 2.45) is 4.99 Å². The smallest absolute Gasteiger partial charge is 0.257 e. The van der Waals surface area contributed by atoms with Gasteiger partial charge in [0.1, 0.15) is 11.4 Å². The summed E-state index contributed by atoms with van der Waals surface area (Å²) in [7, 11) is 0. The van der Waals surface area contributed by atoms with Crippen molar-refractivity contribution in [1.82, 2.24) is 10.2 Å². The predicted octanol–water partition coefficient (Wildman–Crippen LogP) is 2.64. The van der Waals surface area contributed by atoms with Gasteiger partial charge in [0.15, 0.2) is 5.54 Å². The topological polar surface area (TPSA) is 82.0 Å².